The Hall–Kier alpha value is -1.59. The zero-order chi connectivity index (χ0) is 13.4. The molecular weight excluding hydrogens is 306 g/mol. The first-order valence-electron chi connectivity index (χ1n) is 6.17. The van der Waals surface area contributed by atoms with Gasteiger partial charge in [0, 0.05) is 13.1 Å². The molecule has 3 aromatic rings. The zero-order valence-electron chi connectivity index (χ0n) is 10.6. The van der Waals surface area contributed by atoms with Gasteiger partial charge in [-0.05, 0) is 46.6 Å². The van der Waals surface area contributed by atoms with Crippen LogP contribution in [0.25, 0.3) is 22.4 Å². The van der Waals surface area contributed by atoms with Crippen LogP contribution in [0.5, 0.6) is 0 Å². The van der Waals surface area contributed by atoms with Gasteiger partial charge in [0.15, 0.2) is 4.67 Å². The molecule has 0 radical (unpaired) electrons. The van der Waals surface area contributed by atoms with Crippen molar-refractivity contribution in [1.82, 2.24) is 9.55 Å². The van der Waals surface area contributed by atoms with Crippen molar-refractivity contribution in [2.75, 3.05) is 0 Å². The number of rotatable bonds is 3. The van der Waals surface area contributed by atoms with E-state index in [1.807, 2.05) is 18.2 Å². The fourth-order valence-electron chi connectivity index (χ4n) is 2.28. The van der Waals surface area contributed by atoms with Crippen LogP contribution in [0.15, 0.2) is 39.6 Å². The topological polar surface area (TPSA) is 57.0 Å². The number of hydrogen-bond donors (Lipinski definition) is 1. The average Bonchev–Trinajstić information content (AvgIpc) is 3.00. The number of nitrogens with two attached hydrogens (primary N) is 1. The molecule has 98 valence electrons. The number of aromatic nitrogens is 2. The summed E-state index contributed by atoms with van der Waals surface area (Å²) in [6.07, 6.45) is 1.66. The van der Waals surface area contributed by atoms with Gasteiger partial charge in [0.2, 0.25) is 0 Å². The van der Waals surface area contributed by atoms with Gasteiger partial charge in [-0.2, -0.15) is 0 Å². The van der Waals surface area contributed by atoms with Crippen molar-refractivity contribution < 1.29 is 4.42 Å². The maximum Gasteiger partial charge on any atom is 0.179 e. The highest BCUT2D eigenvalue weighted by Gasteiger charge is 2.15. The first-order valence-corrected chi connectivity index (χ1v) is 6.96. The third-order valence-corrected chi connectivity index (χ3v) is 3.84. The van der Waals surface area contributed by atoms with Crippen LogP contribution >= 0.6 is 15.9 Å². The van der Waals surface area contributed by atoms with Crippen LogP contribution in [-0.2, 0) is 13.1 Å². The molecule has 5 heteroatoms. The Kier molecular flexibility index (Phi) is 3.16. The smallest absolute Gasteiger partial charge is 0.179 e. The Balaban J connectivity index is 2.27. The highest BCUT2D eigenvalue weighted by molar-refractivity contribution is 9.10. The van der Waals surface area contributed by atoms with Crippen LogP contribution in [0.1, 0.15) is 12.5 Å². The molecule has 1 aromatic carbocycles. The van der Waals surface area contributed by atoms with Gasteiger partial charge in [-0.15, -0.1) is 0 Å². The van der Waals surface area contributed by atoms with Crippen molar-refractivity contribution in [3.05, 3.63) is 40.8 Å². The first kappa shape index (κ1) is 12.4. The lowest BCUT2D eigenvalue weighted by molar-refractivity contribution is 0.541. The summed E-state index contributed by atoms with van der Waals surface area (Å²) in [5.41, 5.74) is 9.81. The van der Waals surface area contributed by atoms with E-state index >= 15 is 0 Å². The number of halogens is 1. The molecule has 3 rings (SSSR count). The molecular formula is C14H14BrN3O. The minimum atomic E-state index is 0.527. The monoisotopic (exact) mass is 319 g/mol. The van der Waals surface area contributed by atoms with E-state index in [0.29, 0.717) is 11.2 Å². The SMILES string of the molecule is CCn1c(-c2ccoc2Br)nc2cc(CN)ccc21. The maximum atomic E-state index is 5.68. The van der Waals surface area contributed by atoms with Gasteiger partial charge < -0.3 is 14.7 Å². The Morgan fingerprint density at radius 2 is 2.21 bits per heavy atom. The third kappa shape index (κ3) is 1.99. The molecule has 0 aliphatic rings. The molecule has 0 spiro atoms. The lowest BCUT2D eigenvalue weighted by atomic mass is 10.2. The minimum Gasteiger partial charge on any atom is -0.457 e. The molecule has 0 saturated carbocycles. The van der Waals surface area contributed by atoms with Crippen molar-refractivity contribution in [3.8, 4) is 11.4 Å². The quantitative estimate of drug-likeness (QED) is 0.803. The van der Waals surface area contributed by atoms with E-state index in [0.717, 1.165) is 34.5 Å². The molecule has 0 fully saturated rings. The van der Waals surface area contributed by atoms with Crippen LogP contribution in [0.3, 0.4) is 0 Å². The van der Waals surface area contributed by atoms with Gasteiger partial charge in [0.25, 0.3) is 0 Å². The molecule has 2 aromatic heterocycles. The van der Waals surface area contributed by atoms with Crippen LogP contribution in [0.4, 0.5) is 0 Å². The van der Waals surface area contributed by atoms with Crippen molar-refractivity contribution in [1.29, 1.82) is 0 Å². The van der Waals surface area contributed by atoms with E-state index in [1.165, 1.54) is 0 Å². The zero-order valence-corrected chi connectivity index (χ0v) is 12.1. The van der Waals surface area contributed by atoms with Gasteiger partial charge in [0.1, 0.15) is 5.82 Å². The molecule has 0 atom stereocenters. The maximum absolute atomic E-state index is 5.68. The number of nitrogens with zero attached hydrogens (tertiary/aromatic N) is 2. The molecule has 0 bridgehead atoms. The lowest BCUT2D eigenvalue weighted by Gasteiger charge is -2.04. The Morgan fingerprint density at radius 1 is 1.37 bits per heavy atom. The van der Waals surface area contributed by atoms with E-state index in [1.54, 1.807) is 6.26 Å². The number of hydrogen-bond acceptors (Lipinski definition) is 3. The van der Waals surface area contributed by atoms with Crippen molar-refractivity contribution >= 4 is 27.0 Å². The largest absolute Gasteiger partial charge is 0.457 e. The molecule has 2 N–H and O–H groups in total. The molecule has 0 amide bonds. The fraction of sp³-hybridized carbons (Fsp3) is 0.214. The van der Waals surface area contributed by atoms with E-state index in [2.05, 4.69) is 33.5 Å². The lowest BCUT2D eigenvalue weighted by Crippen LogP contribution is -1.98. The van der Waals surface area contributed by atoms with Gasteiger partial charge >= 0.3 is 0 Å². The number of aryl methyl sites for hydroxylation is 1. The standard InChI is InChI=1S/C14H14BrN3O/c1-2-18-12-4-3-9(8-16)7-11(12)17-14(18)10-5-6-19-13(10)15/h3-7H,2,8,16H2,1H3. The summed E-state index contributed by atoms with van der Waals surface area (Å²) in [7, 11) is 0. The predicted octanol–water partition coefficient (Wildman–Crippen LogP) is 3.54. The summed E-state index contributed by atoms with van der Waals surface area (Å²) in [6, 6.07) is 8.08. The van der Waals surface area contributed by atoms with Gasteiger partial charge in [-0.25, -0.2) is 4.98 Å². The minimum absolute atomic E-state index is 0.527. The molecule has 2 heterocycles. The fourth-order valence-corrected chi connectivity index (χ4v) is 2.70. The summed E-state index contributed by atoms with van der Waals surface area (Å²) >= 11 is 3.41. The van der Waals surface area contributed by atoms with Gasteiger partial charge in [-0.3, -0.25) is 0 Å². The second kappa shape index (κ2) is 4.83. The summed E-state index contributed by atoms with van der Waals surface area (Å²) in [4.78, 5) is 4.71. The Bertz CT molecular complexity index is 729. The summed E-state index contributed by atoms with van der Waals surface area (Å²) in [5.74, 6) is 0.910. The second-order valence-corrected chi connectivity index (χ2v) is 5.04. The highest BCUT2D eigenvalue weighted by Crippen LogP contribution is 2.31. The van der Waals surface area contributed by atoms with E-state index in [9.17, 15) is 0 Å². The van der Waals surface area contributed by atoms with Crippen molar-refractivity contribution in [3.63, 3.8) is 0 Å². The Morgan fingerprint density at radius 3 is 2.84 bits per heavy atom. The van der Waals surface area contributed by atoms with Gasteiger partial charge in [0.05, 0.1) is 22.9 Å². The number of benzene rings is 1. The molecule has 0 unspecified atom stereocenters. The number of imidazole rings is 1. The van der Waals surface area contributed by atoms with Crippen LogP contribution in [0, 0.1) is 0 Å². The van der Waals surface area contributed by atoms with E-state index < -0.39 is 0 Å². The van der Waals surface area contributed by atoms with Crippen LogP contribution in [0.2, 0.25) is 0 Å². The predicted molar refractivity (Wildman–Crippen MR) is 78.7 cm³/mol. The van der Waals surface area contributed by atoms with Crippen LogP contribution in [-0.4, -0.2) is 9.55 Å². The molecule has 19 heavy (non-hydrogen) atoms. The van der Waals surface area contributed by atoms with Crippen molar-refractivity contribution in [2.45, 2.75) is 20.0 Å². The normalized spacial score (nSPS) is 11.3. The van der Waals surface area contributed by atoms with Gasteiger partial charge in [-0.1, -0.05) is 6.07 Å². The Labute approximate surface area is 119 Å². The molecule has 4 nitrogen and oxygen atoms in total. The van der Waals surface area contributed by atoms with Crippen molar-refractivity contribution in [2.24, 2.45) is 5.73 Å². The average molecular weight is 320 g/mol. The second-order valence-electron chi connectivity index (χ2n) is 4.31. The number of fused-ring (bicyclic) bond motifs is 1. The van der Waals surface area contributed by atoms with E-state index in [4.69, 9.17) is 15.1 Å². The van der Waals surface area contributed by atoms with Crippen LogP contribution < -0.4 is 5.73 Å². The summed E-state index contributed by atoms with van der Waals surface area (Å²) < 4.78 is 8.18. The summed E-state index contributed by atoms with van der Waals surface area (Å²) in [6.45, 7) is 3.49. The molecule has 0 saturated heterocycles. The number of furan rings is 1. The summed E-state index contributed by atoms with van der Waals surface area (Å²) in [5, 5.41) is 0. The first-order chi connectivity index (χ1) is 9.24. The van der Waals surface area contributed by atoms with E-state index in [-0.39, 0.29) is 0 Å². The molecule has 0 aliphatic carbocycles. The molecule has 0 aliphatic heterocycles. The third-order valence-electron chi connectivity index (χ3n) is 3.22. The highest BCUT2D eigenvalue weighted by atomic mass is 79.9.